The summed E-state index contributed by atoms with van der Waals surface area (Å²) in [5.41, 5.74) is 2.66. The molecule has 0 aliphatic heterocycles. The summed E-state index contributed by atoms with van der Waals surface area (Å²) in [4.78, 5) is 16.3. The van der Waals surface area contributed by atoms with E-state index in [0.29, 0.717) is 24.8 Å². The molecule has 0 saturated heterocycles. The molecular formula is C18H17BrN4O2. The Kier molecular flexibility index (Phi) is 5.45. The molecule has 2 N–H and O–H groups in total. The van der Waals surface area contributed by atoms with E-state index >= 15 is 0 Å². The molecule has 0 bridgehead atoms. The number of carbonyl (C=O) groups excluding carboxylic acids is 1. The molecule has 1 heterocycles. The maximum absolute atomic E-state index is 12.1. The standard InChI is InChI=1S/C18H17BrN4O2/c1-12-7-8-14(19)11-15(12)21-16(24)9-10-20-18-22-17(25-23-18)13-5-3-2-4-6-13/h2-8,11H,9-10H2,1H3,(H,20,23)(H,21,24). The molecule has 0 aliphatic carbocycles. The summed E-state index contributed by atoms with van der Waals surface area (Å²) in [5.74, 6) is 0.725. The fourth-order valence-corrected chi connectivity index (χ4v) is 2.58. The van der Waals surface area contributed by atoms with Crippen molar-refractivity contribution in [2.24, 2.45) is 0 Å². The maximum Gasteiger partial charge on any atom is 0.263 e. The molecule has 3 aromatic rings. The van der Waals surface area contributed by atoms with Gasteiger partial charge in [-0.1, -0.05) is 40.2 Å². The lowest BCUT2D eigenvalue weighted by molar-refractivity contribution is -0.115. The molecule has 3 rings (SSSR count). The molecule has 6 nitrogen and oxygen atoms in total. The Morgan fingerprint density at radius 2 is 2.00 bits per heavy atom. The molecule has 128 valence electrons. The van der Waals surface area contributed by atoms with E-state index < -0.39 is 0 Å². The van der Waals surface area contributed by atoms with Crippen LogP contribution in [0, 0.1) is 6.92 Å². The molecule has 2 aromatic carbocycles. The van der Waals surface area contributed by atoms with Crippen molar-refractivity contribution in [1.82, 2.24) is 10.1 Å². The SMILES string of the molecule is Cc1ccc(Br)cc1NC(=O)CCNc1noc(-c2ccccc2)n1. The Hall–Kier alpha value is -2.67. The van der Waals surface area contributed by atoms with Gasteiger partial charge >= 0.3 is 0 Å². The third kappa shape index (κ3) is 4.67. The Bertz CT molecular complexity index is 865. The van der Waals surface area contributed by atoms with Crippen LogP contribution in [-0.2, 0) is 4.79 Å². The number of nitrogens with one attached hydrogen (secondary N) is 2. The summed E-state index contributed by atoms with van der Waals surface area (Å²) in [6.07, 6.45) is 0.293. The van der Waals surface area contributed by atoms with E-state index in [1.807, 2.05) is 55.5 Å². The zero-order valence-corrected chi connectivity index (χ0v) is 15.2. The average Bonchev–Trinajstić information content (AvgIpc) is 3.08. The van der Waals surface area contributed by atoms with Crippen LogP contribution in [0.3, 0.4) is 0 Å². The number of hydrogen-bond donors (Lipinski definition) is 2. The lowest BCUT2D eigenvalue weighted by Crippen LogP contribution is -2.17. The zero-order chi connectivity index (χ0) is 17.6. The second kappa shape index (κ2) is 7.94. The molecule has 0 saturated carbocycles. The van der Waals surface area contributed by atoms with Crippen LogP contribution in [0.4, 0.5) is 11.6 Å². The van der Waals surface area contributed by atoms with Crippen LogP contribution in [0.1, 0.15) is 12.0 Å². The van der Waals surface area contributed by atoms with Crippen molar-refractivity contribution >= 4 is 33.5 Å². The number of benzene rings is 2. The Balaban J connectivity index is 1.50. The highest BCUT2D eigenvalue weighted by molar-refractivity contribution is 9.10. The quantitative estimate of drug-likeness (QED) is 0.646. The van der Waals surface area contributed by atoms with E-state index in [-0.39, 0.29) is 5.91 Å². The number of nitrogens with zero attached hydrogens (tertiary/aromatic N) is 2. The lowest BCUT2D eigenvalue weighted by Gasteiger charge is -2.08. The minimum atomic E-state index is -0.0829. The van der Waals surface area contributed by atoms with Crippen molar-refractivity contribution < 1.29 is 9.32 Å². The summed E-state index contributed by atoms with van der Waals surface area (Å²) in [6, 6.07) is 15.3. The first kappa shape index (κ1) is 17.2. The number of aromatic nitrogens is 2. The monoisotopic (exact) mass is 400 g/mol. The number of aryl methyl sites for hydroxylation is 1. The van der Waals surface area contributed by atoms with E-state index in [2.05, 4.69) is 36.7 Å². The normalized spacial score (nSPS) is 10.5. The Morgan fingerprint density at radius 1 is 1.20 bits per heavy atom. The van der Waals surface area contributed by atoms with Crippen LogP contribution >= 0.6 is 15.9 Å². The molecule has 0 aliphatic rings. The summed E-state index contributed by atoms with van der Waals surface area (Å²) in [6.45, 7) is 2.36. The van der Waals surface area contributed by atoms with Gasteiger partial charge in [0, 0.05) is 28.7 Å². The molecule has 0 spiro atoms. The number of hydrogen-bond acceptors (Lipinski definition) is 5. The topological polar surface area (TPSA) is 80.0 Å². The first-order valence-corrected chi connectivity index (χ1v) is 8.60. The Labute approximate surface area is 153 Å². The zero-order valence-electron chi connectivity index (χ0n) is 13.6. The second-order valence-electron chi connectivity index (χ2n) is 5.47. The summed E-state index contributed by atoms with van der Waals surface area (Å²) in [7, 11) is 0. The average molecular weight is 401 g/mol. The predicted molar refractivity (Wildman–Crippen MR) is 100 cm³/mol. The largest absolute Gasteiger partial charge is 0.351 e. The molecule has 25 heavy (non-hydrogen) atoms. The predicted octanol–water partition coefficient (Wildman–Crippen LogP) is 4.25. The lowest BCUT2D eigenvalue weighted by atomic mass is 10.2. The van der Waals surface area contributed by atoms with Gasteiger partial charge in [0.25, 0.3) is 11.8 Å². The molecule has 1 aromatic heterocycles. The fourth-order valence-electron chi connectivity index (χ4n) is 2.22. The highest BCUT2D eigenvalue weighted by atomic mass is 79.9. The third-order valence-electron chi connectivity index (χ3n) is 3.56. The molecular weight excluding hydrogens is 384 g/mol. The van der Waals surface area contributed by atoms with Gasteiger partial charge in [0.15, 0.2) is 0 Å². The number of rotatable bonds is 6. The summed E-state index contributed by atoms with van der Waals surface area (Å²) >= 11 is 3.40. The minimum Gasteiger partial charge on any atom is -0.351 e. The molecule has 0 unspecified atom stereocenters. The van der Waals surface area contributed by atoms with E-state index in [1.54, 1.807) is 0 Å². The highest BCUT2D eigenvalue weighted by Crippen LogP contribution is 2.21. The van der Waals surface area contributed by atoms with Crippen LogP contribution in [-0.4, -0.2) is 22.6 Å². The first-order valence-electron chi connectivity index (χ1n) is 7.81. The number of anilines is 2. The van der Waals surface area contributed by atoms with E-state index in [1.165, 1.54) is 0 Å². The van der Waals surface area contributed by atoms with Crippen LogP contribution in [0.2, 0.25) is 0 Å². The van der Waals surface area contributed by atoms with Crippen molar-refractivity contribution in [2.75, 3.05) is 17.2 Å². The van der Waals surface area contributed by atoms with Gasteiger partial charge in [-0.2, -0.15) is 4.98 Å². The third-order valence-corrected chi connectivity index (χ3v) is 4.05. The summed E-state index contributed by atoms with van der Waals surface area (Å²) in [5, 5.41) is 9.75. The van der Waals surface area contributed by atoms with E-state index in [9.17, 15) is 4.79 Å². The number of carbonyl (C=O) groups is 1. The molecule has 1 amide bonds. The van der Waals surface area contributed by atoms with Crippen molar-refractivity contribution in [3.63, 3.8) is 0 Å². The van der Waals surface area contributed by atoms with Crippen molar-refractivity contribution in [2.45, 2.75) is 13.3 Å². The van der Waals surface area contributed by atoms with Gasteiger partial charge in [-0.15, -0.1) is 0 Å². The minimum absolute atomic E-state index is 0.0829. The smallest absolute Gasteiger partial charge is 0.263 e. The van der Waals surface area contributed by atoms with Gasteiger partial charge in [0.05, 0.1) is 0 Å². The van der Waals surface area contributed by atoms with Crippen LogP contribution in [0.5, 0.6) is 0 Å². The van der Waals surface area contributed by atoms with Gasteiger partial charge in [0.2, 0.25) is 5.91 Å². The first-order chi connectivity index (χ1) is 12.1. The van der Waals surface area contributed by atoms with Crippen molar-refractivity contribution in [3.05, 3.63) is 58.6 Å². The fraction of sp³-hybridized carbons (Fsp3) is 0.167. The maximum atomic E-state index is 12.1. The van der Waals surface area contributed by atoms with Gasteiger partial charge < -0.3 is 15.2 Å². The van der Waals surface area contributed by atoms with Gasteiger partial charge in [-0.25, -0.2) is 0 Å². The molecule has 0 atom stereocenters. The van der Waals surface area contributed by atoms with Gasteiger partial charge in [-0.3, -0.25) is 4.79 Å². The summed E-state index contributed by atoms with van der Waals surface area (Å²) < 4.78 is 6.13. The van der Waals surface area contributed by atoms with Gasteiger partial charge in [-0.05, 0) is 41.9 Å². The second-order valence-corrected chi connectivity index (χ2v) is 6.39. The van der Waals surface area contributed by atoms with Crippen LogP contribution < -0.4 is 10.6 Å². The number of amides is 1. The van der Waals surface area contributed by atoms with Gasteiger partial charge in [0.1, 0.15) is 0 Å². The highest BCUT2D eigenvalue weighted by Gasteiger charge is 2.09. The van der Waals surface area contributed by atoms with E-state index in [4.69, 9.17) is 4.52 Å². The van der Waals surface area contributed by atoms with E-state index in [0.717, 1.165) is 21.3 Å². The molecule has 0 fully saturated rings. The van der Waals surface area contributed by atoms with Crippen LogP contribution in [0.25, 0.3) is 11.5 Å². The van der Waals surface area contributed by atoms with Crippen molar-refractivity contribution in [1.29, 1.82) is 0 Å². The molecule has 7 heteroatoms. The molecule has 0 radical (unpaired) electrons. The van der Waals surface area contributed by atoms with Crippen molar-refractivity contribution in [3.8, 4) is 11.5 Å². The Morgan fingerprint density at radius 3 is 2.80 bits per heavy atom. The number of halogens is 1. The van der Waals surface area contributed by atoms with Crippen LogP contribution in [0.15, 0.2) is 57.5 Å².